The molecule has 0 saturated carbocycles. The standard InChI is InChI=1S/C26H28BrN5O2/c1-16-24(27)18(3)31(29-16)14-20-9-11-22(12-10-20)26(33)28-25-17(2)30-32(19(25)4)15-21-7-6-8-23(13-21)34-5/h6-13H,14-15H2,1-5H3,(H,28,33). The van der Waals surface area contributed by atoms with Crippen LogP contribution in [0.5, 0.6) is 5.75 Å². The highest BCUT2D eigenvalue weighted by molar-refractivity contribution is 9.10. The third kappa shape index (κ3) is 4.92. The first kappa shape index (κ1) is 23.8. The van der Waals surface area contributed by atoms with Crippen LogP contribution in [0.4, 0.5) is 5.69 Å². The zero-order chi connectivity index (χ0) is 24.4. The fourth-order valence-electron chi connectivity index (χ4n) is 3.92. The zero-order valence-corrected chi connectivity index (χ0v) is 21.6. The number of nitrogens with one attached hydrogen (secondary N) is 1. The molecule has 0 saturated heterocycles. The lowest BCUT2D eigenvalue weighted by atomic mass is 10.1. The molecule has 2 aromatic carbocycles. The Balaban J connectivity index is 1.46. The summed E-state index contributed by atoms with van der Waals surface area (Å²) < 4.78 is 10.2. The number of halogens is 1. The average Bonchev–Trinajstić information content (AvgIpc) is 3.23. The third-order valence-electron chi connectivity index (χ3n) is 5.93. The maximum atomic E-state index is 13.0. The van der Waals surface area contributed by atoms with E-state index in [1.54, 1.807) is 7.11 Å². The molecule has 8 heteroatoms. The van der Waals surface area contributed by atoms with Gasteiger partial charge in [0.1, 0.15) is 5.75 Å². The van der Waals surface area contributed by atoms with E-state index in [2.05, 4.69) is 31.4 Å². The van der Waals surface area contributed by atoms with Crippen LogP contribution in [0.25, 0.3) is 0 Å². The van der Waals surface area contributed by atoms with E-state index in [0.717, 1.165) is 49.8 Å². The molecule has 0 aliphatic carbocycles. The first-order chi connectivity index (χ1) is 16.3. The minimum absolute atomic E-state index is 0.160. The number of aromatic nitrogens is 4. The van der Waals surface area contributed by atoms with Crippen LogP contribution in [0.3, 0.4) is 0 Å². The normalized spacial score (nSPS) is 11.0. The lowest BCUT2D eigenvalue weighted by molar-refractivity contribution is 0.102. The maximum Gasteiger partial charge on any atom is 0.255 e. The Kier molecular flexibility index (Phi) is 6.88. The lowest BCUT2D eigenvalue weighted by Gasteiger charge is -2.09. The third-order valence-corrected chi connectivity index (χ3v) is 7.08. The largest absolute Gasteiger partial charge is 0.497 e. The summed E-state index contributed by atoms with van der Waals surface area (Å²) in [5.41, 5.74) is 7.21. The van der Waals surface area contributed by atoms with Crippen molar-refractivity contribution in [2.75, 3.05) is 12.4 Å². The van der Waals surface area contributed by atoms with Crippen LogP contribution in [-0.2, 0) is 13.1 Å². The Labute approximate surface area is 207 Å². The summed E-state index contributed by atoms with van der Waals surface area (Å²) in [5.74, 6) is 0.647. The molecule has 0 spiro atoms. The fraction of sp³-hybridized carbons (Fsp3) is 0.269. The Morgan fingerprint density at radius 2 is 1.56 bits per heavy atom. The Bertz CT molecular complexity index is 1340. The molecule has 0 bridgehead atoms. The Morgan fingerprint density at radius 3 is 2.21 bits per heavy atom. The quantitative estimate of drug-likeness (QED) is 0.351. The smallest absolute Gasteiger partial charge is 0.255 e. The number of carbonyl (C=O) groups excluding carboxylic acids is 1. The molecule has 2 heterocycles. The van der Waals surface area contributed by atoms with Gasteiger partial charge in [-0.05, 0) is 79.0 Å². The Hall–Kier alpha value is -3.39. The average molecular weight is 522 g/mol. The first-order valence-corrected chi connectivity index (χ1v) is 11.8. The second-order valence-electron chi connectivity index (χ2n) is 8.35. The van der Waals surface area contributed by atoms with Gasteiger partial charge in [0.15, 0.2) is 0 Å². The van der Waals surface area contributed by atoms with E-state index in [4.69, 9.17) is 4.74 Å². The molecular formula is C26H28BrN5O2. The second kappa shape index (κ2) is 9.85. The molecule has 0 radical (unpaired) electrons. The van der Waals surface area contributed by atoms with Gasteiger partial charge in [-0.2, -0.15) is 10.2 Å². The number of nitrogens with zero attached hydrogens (tertiary/aromatic N) is 4. The van der Waals surface area contributed by atoms with Crippen LogP contribution in [0, 0.1) is 27.7 Å². The number of hydrogen-bond donors (Lipinski definition) is 1. The lowest BCUT2D eigenvalue weighted by Crippen LogP contribution is -2.13. The summed E-state index contributed by atoms with van der Waals surface area (Å²) in [6.45, 7) is 9.12. The van der Waals surface area contributed by atoms with Crippen molar-refractivity contribution in [2.24, 2.45) is 0 Å². The number of methoxy groups -OCH3 is 1. The number of carbonyl (C=O) groups is 1. The van der Waals surface area contributed by atoms with Crippen molar-refractivity contribution in [2.45, 2.75) is 40.8 Å². The maximum absolute atomic E-state index is 13.0. The predicted molar refractivity (Wildman–Crippen MR) is 137 cm³/mol. The molecule has 4 aromatic rings. The van der Waals surface area contributed by atoms with Crippen LogP contribution in [0.15, 0.2) is 53.0 Å². The molecule has 34 heavy (non-hydrogen) atoms. The molecule has 1 amide bonds. The van der Waals surface area contributed by atoms with Gasteiger partial charge in [-0.1, -0.05) is 24.3 Å². The van der Waals surface area contributed by atoms with E-state index in [1.807, 2.05) is 85.6 Å². The predicted octanol–water partition coefficient (Wildman–Crippen LogP) is 5.43. The summed E-state index contributed by atoms with van der Waals surface area (Å²) in [4.78, 5) is 13.0. The van der Waals surface area contributed by atoms with Crippen molar-refractivity contribution in [3.05, 3.63) is 92.5 Å². The van der Waals surface area contributed by atoms with Crippen molar-refractivity contribution >= 4 is 27.5 Å². The topological polar surface area (TPSA) is 74.0 Å². The molecule has 0 unspecified atom stereocenters. The summed E-state index contributed by atoms with van der Waals surface area (Å²) in [5, 5.41) is 12.2. The summed E-state index contributed by atoms with van der Waals surface area (Å²) in [6, 6.07) is 15.5. The van der Waals surface area contributed by atoms with Crippen LogP contribution in [0.2, 0.25) is 0 Å². The molecule has 176 valence electrons. The molecule has 0 aliphatic rings. The van der Waals surface area contributed by atoms with E-state index >= 15 is 0 Å². The second-order valence-corrected chi connectivity index (χ2v) is 9.14. The SMILES string of the molecule is COc1cccc(Cn2nc(C)c(NC(=O)c3ccc(Cn4nc(C)c(Br)c4C)cc3)c2C)c1. The highest BCUT2D eigenvalue weighted by Crippen LogP contribution is 2.23. The minimum Gasteiger partial charge on any atom is -0.497 e. The van der Waals surface area contributed by atoms with Crippen LogP contribution >= 0.6 is 15.9 Å². The van der Waals surface area contributed by atoms with Gasteiger partial charge in [-0.3, -0.25) is 14.2 Å². The van der Waals surface area contributed by atoms with Gasteiger partial charge < -0.3 is 10.1 Å². The zero-order valence-electron chi connectivity index (χ0n) is 20.0. The van der Waals surface area contributed by atoms with Crippen molar-refractivity contribution < 1.29 is 9.53 Å². The van der Waals surface area contributed by atoms with Gasteiger partial charge in [-0.15, -0.1) is 0 Å². The van der Waals surface area contributed by atoms with Crippen molar-refractivity contribution in [1.29, 1.82) is 0 Å². The van der Waals surface area contributed by atoms with Crippen molar-refractivity contribution in [3.8, 4) is 5.75 Å². The van der Waals surface area contributed by atoms with Crippen LogP contribution < -0.4 is 10.1 Å². The molecule has 4 rings (SSSR count). The number of ether oxygens (including phenoxy) is 1. The summed E-state index contributed by atoms with van der Waals surface area (Å²) >= 11 is 3.56. The highest BCUT2D eigenvalue weighted by atomic mass is 79.9. The molecule has 0 fully saturated rings. The number of aryl methyl sites for hydroxylation is 2. The summed E-state index contributed by atoms with van der Waals surface area (Å²) in [6.07, 6.45) is 0. The number of amides is 1. The van der Waals surface area contributed by atoms with E-state index in [9.17, 15) is 4.79 Å². The van der Waals surface area contributed by atoms with Crippen LogP contribution in [-0.4, -0.2) is 32.6 Å². The number of rotatable bonds is 7. The molecule has 0 atom stereocenters. The number of benzene rings is 2. The molecule has 7 nitrogen and oxygen atoms in total. The molecular weight excluding hydrogens is 494 g/mol. The van der Waals surface area contributed by atoms with Crippen molar-refractivity contribution in [3.63, 3.8) is 0 Å². The fourth-order valence-corrected chi connectivity index (χ4v) is 4.21. The van der Waals surface area contributed by atoms with Gasteiger partial charge >= 0.3 is 0 Å². The van der Waals surface area contributed by atoms with E-state index in [-0.39, 0.29) is 5.91 Å². The summed E-state index contributed by atoms with van der Waals surface area (Å²) in [7, 11) is 1.65. The first-order valence-electron chi connectivity index (χ1n) is 11.0. The van der Waals surface area contributed by atoms with E-state index in [1.165, 1.54) is 0 Å². The molecule has 0 aliphatic heterocycles. The molecule has 1 N–H and O–H groups in total. The Morgan fingerprint density at radius 1 is 0.912 bits per heavy atom. The van der Waals surface area contributed by atoms with Gasteiger partial charge in [0.25, 0.3) is 5.91 Å². The van der Waals surface area contributed by atoms with Crippen molar-refractivity contribution in [1.82, 2.24) is 19.6 Å². The van der Waals surface area contributed by atoms with E-state index in [0.29, 0.717) is 18.7 Å². The highest BCUT2D eigenvalue weighted by Gasteiger charge is 2.16. The number of anilines is 1. The minimum atomic E-state index is -0.160. The van der Waals surface area contributed by atoms with E-state index < -0.39 is 0 Å². The van der Waals surface area contributed by atoms with Crippen LogP contribution in [0.1, 0.15) is 44.3 Å². The number of hydrogen-bond acceptors (Lipinski definition) is 4. The van der Waals surface area contributed by atoms with Gasteiger partial charge in [0.2, 0.25) is 0 Å². The van der Waals surface area contributed by atoms with Gasteiger partial charge in [0, 0.05) is 5.56 Å². The van der Waals surface area contributed by atoms with Gasteiger partial charge in [-0.25, -0.2) is 0 Å². The monoisotopic (exact) mass is 521 g/mol. The van der Waals surface area contributed by atoms with Gasteiger partial charge in [0.05, 0.1) is 53.1 Å². The molecule has 2 aromatic heterocycles.